The van der Waals surface area contributed by atoms with E-state index in [1.165, 1.54) is 0 Å². The van der Waals surface area contributed by atoms with Crippen LogP contribution in [-0.2, 0) is 4.79 Å². The summed E-state index contributed by atoms with van der Waals surface area (Å²) in [5.41, 5.74) is 3.52. The zero-order valence-electron chi connectivity index (χ0n) is 13.3. The molecule has 0 saturated carbocycles. The highest BCUT2D eigenvalue weighted by atomic mass is 32.1. The van der Waals surface area contributed by atoms with Gasteiger partial charge in [-0.05, 0) is 37.3 Å². The summed E-state index contributed by atoms with van der Waals surface area (Å²) in [4.78, 5) is 23.7. The molecule has 0 bridgehead atoms. The van der Waals surface area contributed by atoms with Crippen molar-refractivity contribution in [2.24, 2.45) is 0 Å². The Morgan fingerprint density at radius 2 is 2.12 bits per heavy atom. The van der Waals surface area contributed by atoms with Crippen LogP contribution >= 0.6 is 11.3 Å². The summed E-state index contributed by atoms with van der Waals surface area (Å²) in [6, 6.07) is 11.6. The van der Waals surface area contributed by atoms with Crippen molar-refractivity contribution < 1.29 is 9.53 Å². The van der Waals surface area contributed by atoms with E-state index >= 15 is 0 Å². The number of nitrogens with zero attached hydrogens (tertiary/aromatic N) is 3. The number of carbonyl (C=O) groups is 1. The van der Waals surface area contributed by atoms with E-state index in [0.29, 0.717) is 0 Å². The van der Waals surface area contributed by atoms with E-state index < -0.39 is 0 Å². The van der Waals surface area contributed by atoms with Gasteiger partial charge in [-0.3, -0.25) is 9.78 Å². The third kappa shape index (κ3) is 2.45. The number of anilines is 1. The monoisotopic (exact) mass is 337 g/mol. The number of hydrogen-bond donors (Lipinski definition) is 0. The minimum Gasteiger partial charge on any atom is -0.482 e. The number of aryl methyl sites for hydroxylation is 1. The van der Waals surface area contributed by atoms with Gasteiger partial charge in [0, 0.05) is 23.7 Å². The molecule has 0 N–H and O–H groups in total. The van der Waals surface area contributed by atoms with Crippen molar-refractivity contribution in [1.82, 2.24) is 9.97 Å². The summed E-state index contributed by atoms with van der Waals surface area (Å²) < 4.78 is 5.48. The van der Waals surface area contributed by atoms with Crippen LogP contribution < -0.4 is 9.64 Å². The molecule has 0 unspecified atom stereocenters. The number of ether oxygens (including phenoxy) is 1. The number of benzene rings is 1. The fraction of sp³-hybridized carbons (Fsp3) is 0.167. The topological polar surface area (TPSA) is 55.3 Å². The van der Waals surface area contributed by atoms with Crippen molar-refractivity contribution in [3.63, 3.8) is 0 Å². The molecule has 3 heterocycles. The molecule has 2 aromatic heterocycles. The summed E-state index contributed by atoms with van der Waals surface area (Å²) >= 11 is 1.62. The van der Waals surface area contributed by atoms with E-state index in [-0.39, 0.29) is 12.5 Å². The van der Waals surface area contributed by atoms with Crippen LogP contribution in [0.15, 0.2) is 42.6 Å². The SMILES string of the molecule is Cc1sc(-c2ccccn2)nc1-c1ccc2c(c1)N(C)C(=O)CO2. The van der Waals surface area contributed by atoms with Gasteiger partial charge in [0.15, 0.2) is 6.61 Å². The van der Waals surface area contributed by atoms with Gasteiger partial charge in [0.1, 0.15) is 10.8 Å². The summed E-state index contributed by atoms with van der Waals surface area (Å²) in [7, 11) is 1.76. The molecule has 4 rings (SSSR count). The third-order valence-corrected chi connectivity index (χ3v) is 4.99. The number of carbonyl (C=O) groups excluding carboxylic acids is 1. The molecule has 0 radical (unpaired) electrons. The largest absolute Gasteiger partial charge is 0.482 e. The molecular formula is C18H15N3O2S. The smallest absolute Gasteiger partial charge is 0.264 e. The second-order valence-electron chi connectivity index (χ2n) is 5.56. The van der Waals surface area contributed by atoms with E-state index in [9.17, 15) is 4.79 Å². The van der Waals surface area contributed by atoms with Gasteiger partial charge >= 0.3 is 0 Å². The molecule has 3 aromatic rings. The van der Waals surface area contributed by atoms with Gasteiger partial charge in [-0.1, -0.05) is 6.07 Å². The van der Waals surface area contributed by atoms with Gasteiger partial charge in [-0.2, -0.15) is 0 Å². The van der Waals surface area contributed by atoms with Crippen molar-refractivity contribution >= 4 is 22.9 Å². The second-order valence-corrected chi connectivity index (χ2v) is 6.77. The van der Waals surface area contributed by atoms with Crippen LogP contribution in [0.25, 0.3) is 22.0 Å². The van der Waals surface area contributed by atoms with E-state index in [2.05, 4.69) is 4.98 Å². The number of thiazole rings is 1. The number of amides is 1. The predicted octanol–water partition coefficient (Wildman–Crippen LogP) is 3.54. The van der Waals surface area contributed by atoms with Gasteiger partial charge < -0.3 is 9.64 Å². The molecule has 1 aromatic carbocycles. The first kappa shape index (κ1) is 14.8. The Balaban J connectivity index is 1.78. The third-order valence-electron chi connectivity index (χ3n) is 4.00. The molecule has 24 heavy (non-hydrogen) atoms. The van der Waals surface area contributed by atoms with Crippen LogP contribution in [0.5, 0.6) is 5.75 Å². The first-order valence-corrected chi connectivity index (χ1v) is 8.38. The summed E-state index contributed by atoms with van der Waals surface area (Å²) in [6.45, 7) is 2.13. The first-order chi connectivity index (χ1) is 11.6. The van der Waals surface area contributed by atoms with Crippen molar-refractivity contribution in [1.29, 1.82) is 0 Å². The van der Waals surface area contributed by atoms with Crippen LogP contribution in [0.2, 0.25) is 0 Å². The van der Waals surface area contributed by atoms with Crippen molar-refractivity contribution in [3.05, 3.63) is 47.5 Å². The molecule has 1 aliphatic rings. The minimum absolute atomic E-state index is 0.0520. The highest BCUT2D eigenvalue weighted by molar-refractivity contribution is 7.15. The molecule has 0 fully saturated rings. The van der Waals surface area contributed by atoms with Gasteiger partial charge in [-0.25, -0.2) is 4.98 Å². The zero-order valence-corrected chi connectivity index (χ0v) is 14.1. The lowest BCUT2D eigenvalue weighted by atomic mass is 10.1. The molecule has 1 amide bonds. The molecular weight excluding hydrogens is 322 g/mol. The molecule has 0 saturated heterocycles. The standard InChI is InChI=1S/C18H15N3O2S/c1-11-17(20-18(24-11)13-5-3-4-8-19-13)12-6-7-15-14(9-12)21(2)16(22)10-23-15/h3-9H,10H2,1-2H3. The average molecular weight is 337 g/mol. The fourth-order valence-corrected chi connectivity index (χ4v) is 3.60. The van der Waals surface area contributed by atoms with Gasteiger partial charge in [-0.15, -0.1) is 11.3 Å². The molecule has 0 atom stereocenters. The number of aromatic nitrogens is 2. The highest BCUT2D eigenvalue weighted by Gasteiger charge is 2.23. The highest BCUT2D eigenvalue weighted by Crippen LogP contribution is 2.38. The number of fused-ring (bicyclic) bond motifs is 1. The summed E-state index contributed by atoms with van der Waals surface area (Å²) in [5, 5.41) is 0.890. The quantitative estimate of drug-likeness (QED) is 0.718. The molecule has 6 heteroatoms. The molecule has 0 aliphatic carbocycles. The lowest BCUT2D eigenvalue weighted by Gasteiger charge is -2.26. The van der Waals surface area contributed by atoms with Gasteiger partial charge in [0.05, 0.1) is 17.1 Å². The Morgan fingerprint density at radius 3 is 2.92 bits per heavy atom. The van der Waals surface area contributed by atoms with Crippen LogP contribution in [0.3, 0.4) is 0 Å². The maximum Gasteiger partial charge on any atom is 0.264 e. The molecule has 120 valence electrons. The second kappa shape index (κ2) is 5.72. The Hall–Kier alpha value is -2.73. The first-order valence-electron chi connectivity index (χ1n) is 7.56. The molecule has 5 nitrogen and oxygen atoms in total. The Bertz CT molecular complexity index is 921. The number of pyridine rings is 1. The predicted molar refractivity (Wildman–Crippen MR) is 94.4 cm³/mol. The Morgan fingerprint density at radius 1 is 1.25 bits per heavy atom. The summed E-state index contributed by atoms with van der Waals surface area (Å²) in [5.74, 6) is 0.669. The fourth-order valence-electron chi connectivity index (χ4n) is 2.68. The van der Waals surface area contributed by atoms with Crippen molar-refractivity contribution in [3.8, 4) is 27.7 Å². The van der Waals surface area contributed by atoms with E-state index in [1.54, 1.807) is 29.5 Å². The minimum atomic E-state index is -0.0520. The lowest BCUT2D eigenvalue weighted by Crippen LogP contribution is -2.35. The van der Waals surface area contributed by atoms with Gasteiger partial charge in [0.25, 0.3) is 5.91 Å². The van der Waals surface area contributed by atoms with E-state index in [4.69, 9.17) is 9.72 Å². The number of hydrogen-bond acceptors (Lipinski definition) is 5. The van der Waals surface area contributed by atoms with Crippen LogP contribution in [0, 0.1) is 6.92 Å². The Labute approximate surface area is 143 Å². The maximum absolute atomic E-state index is 11.8. The normalized spacial score (nSPS) is 13.6. The van der Waals surface area contributed by atoms with Crippen LogP contribution in [-0.4, -0.2) is 29.5 Å². The van der Waals surface area contributed by atoms with Crippen molar-refractivity contribution in [2.75, 3.05) is 18.6 Å². The summed E-state index contributed by atoms with van der Waals surface area (Å²) in [6.07, 6.45) is 1.77. The maximum atomic E-state index is 11.8. The molecule has 0 spiro atoms. The number of likely N-dealkylation sites (N-methyl/N-ethyl adjacent to an activating group) is 1. The lowest BCUT2D eigenvalue weighted by molar-refractivity contribution is -0.120. The van der Waals surface area contributed by atoms with Crippen molar-refractivity contribution in [2.45, 2.75) is 6.92 Å². The zero-order chi connectivity index (χ0) is 16.7. The van der Waals surface area contributed by atoms with Crippen LogP contribution in [0.4, 0.5) is 5.69 Å². The van der Waals surface area contributed by atoms with Gasteiger partial charge in [0.2, 0.25) is 0 Å². The van der Waals surface area contributed by atoms with Crippen LogP contribution in [0.1, 0.15) is 4.88 Å². The van der Waals surface area contributed by atoms with E-state index in [1.807, 2.05) is 43.3 Å². The molecule has 1 aliphatic heterocycles. The van der Waals surface area contributed by atoms with E-state index in [0.717, 1.165) is 38.3 Å². The Kier molecular flexibility index (Phi) is 3.54. The number of rotatable bonds is 2. The average Bonchev–Trinajstić information content (AvgIpc) is 3.01.